The molecule has 0 aromatic heterocycles. The van der Waals surface area contributed by atoms with Gasteiger partial charge in [-0.25, -0.2) is 8.42 Å². The van der Waals surface area contributed by atoms with Crippen LogP contribution >= 0.6 is 11.8 Å². The van der Waals surface area contributed by atoms with Crippen LogP contribution in [0.4, 0.5) is 24.5 Å². The lowest BCUT2D eigenvalue weighted by Crippen LogP contribution is -2.20. The number of ketones is 1. The monoisotopic (exact) mass is 338 g/mol. The zero-order chi connectivity index (χ0) is 15.8. The van der Waals surface area contributed by atoms with Gasteiger partial charge in [-0.3, -0.25) is 9.52 Å². The first-order valence-corrected chi connectivity index (χ1v) is 8.15. The maximum Gasteiger partial charge on any atom is 0.454 e. The van der Waals surface area contributed by atoms with Crippen LogP contribution in [-0.2, 0) is 14.8 Å². The van der Waals surface area contributed by atoms with Gasteiger partial charge in [-0.2, -0.15) is 13.2 Å². The average molecular weight is 338 g/mol. The summed E-state index contributed by atoms with van der Waals surface area (Å²) in [6, 6.07) is 4.43. The summed E-state index contributed by atoms with van der Waals surface area (Å²) in [7, 11) is -3.44. The van der Waals surface area contributed by atoms with Crippen molar-refractivity contribution in [2.24, 2.45) is 0 Å². The van der Waals surface area contributed by atoms with Crippen molar-refractivity contribution >= 4 is 38.9 Å². The van der Waals surface area contributed by atoms with Crippen LogP contribution in [0.5, 0.6) is 0 Å². The van der Waals surface area contributed by atoms with E-state index in [2.05, 4.69) is 10.0 Å². The molecule has 0 fully saturated rings. The molecule has 1 aromatic carbocycles. The van der Waals surface area contributed by atoms with E-state index in [1.54, 1.807) is 0 Å². The van der Waals surface area contributed by atoms with E-state index in [0.29, 0.717) is 16.7 Å². The minimum absolute atomic E-state index is 0.0313. The Hall–Kier alpha value is -1.68. The number of rotatable bonds is 3. The normalized spacial score (nSPS) is 16.5. The topological polar surface area (TPSA) is 75.3 Å². The number of sulfonamides is 1. The molecule has 10 heteroatoms. The van der Waals surface area contributed by atoms with Gasteiger partial charge in [-0.05, 0) is 18.2 Å². The van der Waals surface area contributed by atoms with Gasteiger partial charge in [0, 0.05) is 16.7 Å². The number of alkyl halides is 3. The van der Waals surface area contributed by atoms with E-state index < -0.39 is 22.0 Å². The van der Waals surface area contributed by atoms with Gasteiger partial charge in [0.2, 0.25) is 10.0 Å². The van der Waals surface area contributed by atoms with Crippen molar-refractivity contribution in [3.05, 3.63) is 29.3 Å². The lowest BCUT2D eigenvalue weighted by Gasteiger charge is -2.05. The molecule has 2 N–H and O–H groups in total. The Morgan fingerprint density at radius 1 is 1.38 bits per heavy atom. The highest BCUT2D eigenvalue weighted by molar-refractivity contribution is 8.03. The Balaban J connectivity index is 2.20. The third-order valence-corrected chi connectivity index (χ3v) is 3.91. The smallest absolute Gasteiger partial charge is 0.349 e. The zero-order valence-corrected chi connectivity index (χ0v) is 12.1. The van der Waals surface area contributed by atoms with Gasteiger partial charge >= 0.3 is 6.18 Å². The Bertz CT molecular complexity index is 727. The fourth-order valence-electron chi connectivity index (χ4n) is 1.53. The molecule has 1 aliphatic rings. The molecule has 0 saturated heterocycles. The van der Waals surface area contributed by atoms with Crippen LogP contribution in [0.15, 0.2) is 34.2 Å². The SMILES string of the molecule is CS(=O)(=O)Nc1ccc2c(c1)S/C(=C/C(=O)C(F)(F)F)N2. The van der Waals surface area contributed by atoms with Crippen molar-refractivity contribution < 1.29 is 26.4 Å². The molecule has 114 valence electrons. The maximum atomic E-state index is 12.2. The summed E-state index contributed by atoms with van der Waals surface area (Å²) in [4.78, 5) is 11.4. The number of carbonyl (C=O) groups is 1. The number of thioether (sulfide) groups is 1. The predicted octanol–water partition coefficient (Wildman–Crippen LogP) is 2.55. The molecule has 0 spiro atoms. The molecule has 0 saturated carbocycles. The quantitative estimate of drug-likeness (QED) is 0.829. The molecule has 0 aliphatic carbocycles. The number of nitrogens with one attached hydrogen (secondary N) is 2. The van der Waals surface area contributed by atoms with Crippen LogP contribution in [0.1, 0.15) is 0 Å². The molecule has 0 unspecified atom stereocenters. The summed E-state index contributed by atoms with van der Waals surface area (Å²) in [5.41, 5.74) is 0.786. The van der Waals surface area contributed by atoms with Gasteiger partial charge in [-0.15, -0.1) is 0 Å². The van der Waals surface area contributed by atoms with Gasteiger partial charge in [-0.1, -0.05) is 11.8 Å². The lowest BCUT2D eigenvalue weighted by atomic mass is 10.3. The number of carbonyl (C=O) groups excluding carboxylic acids is 1. The third kappa shape index (κ3) is 4.14. The summed E-state index contributed by atoms with van der Waals surface area (Å²) in [6.07, 6.45) is -3.47. The maximum absolute atomic E-state index is 12.2. The van der Waals surface area contributed by atoms with Gasteiger partial charge in [0.25, 0.3) is 5.78 Å². The van der Waals surface area contributed by atoms with E-state index in [4.69, 9.17) is 0 Å². The van der Waals surface area contributed by atoms with Crippen LogP contribution in [0, 0.1) is 0 Å². The first-order valence-electron chi connectivity index (χ1n) is 5.44. The molecule has 1 aromatic rings. The molecule has 1 aliphatic heterocycles. The van der Waals surface area contributed by atoms with Crippen molar-refractivity contribution in [1.29, 1.82) is 0 Å². The van der Waals surface area contributed by atoms with Crippen molar-refractivity contribution in [2.45, 2.75) is 11.1 Å². The van der Waals surface area contributed by atoms with Crippen LogP contribution < -0.4 is 10.0 Å². The van der Waals surface area contributed by atoms with Crippen LogP contribution in [0.25, 0.3) is 0 Å². The number of benzene rings is 1. The highest BCUT2D eigenvalue weighted by atomic mass is 32.2. The predicted molar refractivity (Wildman–Crippen MR) is 73.5 cm³/mol. The molecule has 0 atom stereocenters. The van der Waals surface area contributed by atoms with E-state index in [-0.39, 0.29) is 10.7 Å². The molecular formula is C11H9F3N2O3S2. The Morgan fingerprint density at radius 3 is 2.62 bits per heavy atom. The minimum Gasteiger partial charge on any atom is -0.349 e. The van der Waals surface area contributed by atoms with Crippen molar-refractivity contribution in [1.82, 2.24) is 0 Å². The van der Waals surface area contributed by atoms with Crippen LogP contribution in [-0.4, -0.2) is 26.6 Å². The van der Waals surface area contributed by atoms with Gasteiger partial charge in [0.05, 0.1) is 17.0 Å². The third-order valence-electron chi connectivity index (χ3n) is 2.30. The van der Waals surface area contributed by atoms with Crippen LogP contribution in [0.2, 0.25) is 0 Å². The summed E-state index contributed by atoms with van der Waals surface area (Å²) in [5, 5.41) is 2.68. The number of allylic oxidation sites excluding steroid dienone is 1. The first-order chi connectivity index (χ1) is 9.54. The van der Waals surface area contributed by atoms with Gasteiger partial charge in [0.15, 0.2) is 0 Å². The second-order valence-electron chi connectivity index (χ2n) is 4.18. The summed E-state index contributed by atoms with van der Waals surface area (Å²) >= 11 is 0.915. The van der Waals surface area contributed by atoms with Crippen LogP contribution in [0.3, 0.4) is 0 Å². The Labute approximate surface area is 122 Å². The fourth-order valence-corrected chi connectivity index (χ4v) is 3.06. The largest absolute Gasteiger partial charge is 0.454 e. The highest BCUT2D eigenvalue weighted by Gasteiger charge is 2.37. The number of fused-ring (bicyclic) bond motifs is 1. The van der Waals surface area contributed by atoms with E-state index in [0.717, 1.165) is 18.0 Å². The fraction of sp³-hybridized carbons (Fsp3) is 0.182. The highest BCUT2D eigenvalue weighted by Crippen LogP contribution is 2.42. The van der Waals surface area contributed by atoms with Gasteiger partial charge < -0.3 is 5.32 Å². The number of hydrogen-bond acceptors (Lipinski definition) is 5. The van der Waals surface area contributed by atoms with Crippen molar-refractivity contribution in [3.8, 4) is 0 Å². The number of halogens is 3. The van der Waals surface area contributed by atoms with Gasteiger partial charge in [0.1, 0.15) is 0 Å². The molecule has 21 heavy (non-hydrogen) atoms. The molecule has 1 heterocycles. The van der Waals surface area contributed by atoms with Crippen molar-refractivity contribution in [3.63, 3.8) is 0 Å². The second kappa shape index (κ2) is 5.26. The Morgan fingerprint density at radius 2 is 2.05 bits per heavy atom. The molecular weight excluding hydrogens is 329 g/mol. The molecule has 5 nitrogen and oxygen atoms in total. The number of hydrogen-bond donors (Lipinski definition) is 2. The molecule has 2 rings (SSSR count). The standard InChI is InChI=1S/C11H9F3N2O3S2/c1-21(18,19)16-6-2-3-7-8(4-6)20-10(15-7)5-9(17)11(12,13)14/h2-5,15-16H,1H3/b10-5+. The average Bonchev–Trinajstić information content (AvgIpc) is 2.66. The summed E-state index contributed by atoms with van der Waals surface area (Å²) in [6.45, 7) is 0. The molecule has 0 amide bonds. The molecule has 0 bridgehead atoms. The second-order valence-corrected chi connectivity index (χ2v) is 7.02. The minimum atomic E-state index is -4.92. The number of anilines is 2. The zero-order valence-electron chi connectivity index (χ0n) is 10.5. The summed E-state index contributed by atoms with van der Waals surface area (Å²) < 4.78 is 61.0. The Kier molecular flexibility index (Phi) is 3.93. The van der Waals surface area contributed by atoms with E-state index in [9.17, 15) is 26.4 Å². The van der Waals surface area contributed by atoms with E-state index >= 15 is 0 Å². The van der Waals surface area contributed by atoms with Crippen molar-refractivity contribution in [2.75, 3.05) is 16.3 Å². The van der Waals surface area contributed by atoms with E-state index in [1.807, 2.05) is 0 Å². The lowest BCUT2D eigenvalue weighted by molar-refractivity contribution is -0.165. The summed E-state index contributed by atoms with van der Waals surface area (Å²) in [5.74, 6) is -1.96. The molecule has 0 radical (unpaired) electrons. The first kappa shape index (κ1) is 15.7. The van der Waals surface area contributed by atoms with E-state index in [1.165, 1.54) is 18.2 Å².